The van der Waals surface area contributed by atoms with Crippen LogP contribution in [0.1, 0.15) is 51.0 Å². The molecule has 0 atom stereocenters. The summed E-state index contributed by atoms with van der Waals surface area (Å²) in [6.07, 6.45) is 10.5. The normalized spacial score (nSPS) is 13.9. The highest BCUT2D eigenvalue weighted by molar-refractivity contribution is 6.30. The van der Waals surface area contributed by atoms with Crippen molar-refractivity contribution in [1.29, 1.82) is 0 Å². The molecule has 3 aromatic rings. The van der Waals surface area contributed by atoms with Crippen molar-refractivity contribution in [2.24, 2.45) is 0 Å². The minimum absolute atomic E-state index is 0.0950. The third-order valence-electron chi connectivity index (χ3n) is 6.60. The maximum Gasteiger partial charge on any atom is 0.333 e. The van der Waals surface area contributed by atoms with E-state index in [1.54, 1.807) is 10.9 Å². The van der Waals surface area contributed by atoms with E-state index < -0.39 is 17.8 Å². The fraction of sp³-hybridized carbons (Fsp3) is 0.333. The molecule has 2 aromatic carbocycles. The lowest BCUT2D eigenvalue weighted by Gasteiger charge is -2.28. The minimum Gasteiger partial charge on any atom is -0.494 e. The van der Waals surface area contributed by atoms with Crippen LogP contribution in [0.3, 0.4) is 0 Å². The Morgan fingerprint density at radius 1 is 0.816 bits per heavy atom. The van der Waals surface area contributed by atoms with Crippen molar-refractivity contribution in [3.63, 3.8) is 0 Å². The third kappa shape index (κ3) is 6.02. The number of likely N-dealkylation sites (N-methyl/N-ethyl adjacent to an activating group) is 2. The van der Waals surface area contributed by atoms with Gasteiger partial charge in [0.2, 0.25) is 0 Å². The molecule has 0 unspecified atom stereocenters. The van der Waals surface area contributed by atoms with Crippen molar-refractivity contribution in [2.75, 3.05) is 20.7 Å². The number of para-hydroxylation sites is 1. The van der Waals surface area contributed by atoms with Crippen LogP contribution in [0.4, 0.5) is 4.79 Å². The average Bonchev–Trinajstić information content (AvgIpc) is 3.37. The highest BCUT2D eigenvalue weighted by Crippen LogP contribution is 2.29. The first kappa shape index (κ1) is 26.9. The van der Waals surface area contributed by atoms with Crippen molar-refractivity contribution in [1.82, 2.24) is 19.6 Å². The van der Waals surface area contributed by atoms with Crippen molar-refractivity contribution in [3.05, 3.63) is 71.9 Å². The number of amides is 4. The second-order valence-corrected chi connectivity index (χ2v) is 9.42. The largest absolute Gasteiger partial charge is 0.494 e. The molecule has 1 aliphatic rings. The smallest absolute Gasteiger partial charge is 0.333 e. The second kappa shape index (κ2) is 12.4. The molecule has 1 aromatic heterocycles. The van der Waals surface area contributed by atoms with Crippen LogP contribution in [0.2, 0.25) is 0 Å². The number of hydrogen-bond donors (Lipinski definition) is 0. The summed E-state index contributed by atoms with van der Waals surface area (Å²) in [5.74, 6) is -0.506. The van der Waals surface area contributed by atoms with E-state index in [9.17, 15) is 14.4 Å². The molecular weight excluding hydrogens is 480 g/mol. The maximum absolute atomic E-state index is 12.8. The first-order valence-corrected chi connectivity index (χ1v) is 13.1. The number of carbonyl (C=O) groups is 3. The maximum atomic E-state index is 12.8. The van der Waals surface area contributed by atoms with Gasteiger partial charge in [-0.1, -0.05) is 57.2 Å². The summed E-state index contributed by atoms with van der Waals surface area (Å²) in [5, 5.41) is 4.77. The van der Waals surface area contributed by atoms with Gasteiger partial charge in [0.25, 0.3) is 11.8 Å². The van der Waals surface area contributed by atoms with Crippen molar-refractivity contribution < 1.29 is 19.1 Å². The number of carbonyl (C=O) groups excluding carboxylic acids is 3. The summed E-state index contributed by atoms with van der Waals surface area (Å²) in [5.41, 5.74) is 2.74. The Hall–Kier alpha value is -4.20. The topological polar surface area (TPSA) is 84.7 Å². The molecule has 0 saturated carbocycles. The van der Waals surface area contributed by atoms with E-state index in [0.717, 1.165) is 33.2 Å². The first-order valence-electron chi connectivity index (χ1n) is 13.1. The highest BCUT2D eigenvalue weighted by Gasteiger charge is 2.38. The van der Waals surface area contributed by atoms with Crippen molar-refractivity contribution in [2.45, 2.75) is 45.4 Å². The summed E-state index contributed by atoms with van der Waals surface area (Å²) in [7, 11) is 2.72. The van der Waals surface area contributed by atoms with Crippen molar-refractivity contribution >= 4 is 23.9 Å². The Morgan fingerprint density at radius 3 is 2.11 bits per heavy atom. The summed E-state index contributed by atoms with van der Waals surface area (Å²) in [6.45, 7) is 2.89. The van der Waals surface area contributed by atoms with Gasteiger partial charge in [0.15, 0.2) is 0 Å². The van der Waals surface area contributed by atoms with Gasteiger partial charge in [0, 0.05) is 31.4 Å². The number of imide groups is 2. The quantitative estimate of drug-likeness (QED) is 0.186. The van der Waals surface area contributed by atoms with E-state index in [1.165, 1.54) is 52.3 Å². The van der Waals surface area contributed by atoms with E-state index in [2.05, 4.69) is 6.92 Å². The van der Waals surface area contributed by atoms with Crippen LogP contribution in [-0.4, -0.2) is 58.1 Å². The summed E-state index contributed by atoms with van der Waals surface area (Å²) in [6, 6.07) is 16.6. The third-order valence-corrected chi connectivity index (χ3v) is 6.60. The predicted molar refractivity (Wildman–Crippen MR) is 147 cm³/mol. The zero-order valence-corrected chi connectivity index (χ0v) is 22.2. The van der Waals surface area contributed by atoms with Crippen molar-refractivity contribution in [3.8, 4) is 22.7 Å². The number of barbiturate groups is 1. The zero-order valence-electron chi connectivity index (χ0n) is 22.2. The Balaban J connectivity index is 1.59. The molecule has 8 heteroatoms. The van der Waals surface area contributed by atoms with E-state index >= 15 is 0 Å². The summed E-state index contributed by atoms with van der Waals surface area (Å²) >= 11 is 0. The number of benzene rings is 2. The molecule has 4 amide bonds. The Kier molecular flexibility index (Phi) is 8.73. The van der Waals surface area contributed by atoms with Gasteiger partial charge >= 0.3 is 6.03 Å². The molecule has 0 aliphatic carbocycles. The van der Waals surface area contributed by atoms with Gasteiger partial charge in [-0.2, -0.15) is 5.10 Å². The molecule has 1 aliphatic heterocycles. The molecule has 0 N–H and O–H groups in total. The number of aromatic nitrogens is 2. The molecular formula is C30H34N4O4. The number of nitrogens with zero attached hydrogens (tertiary/aromatic N) is 4. The standard InChI is InChI=1S/C30H34N4O4/c1-4-5-6-7-8-12-19-38-25-17-15-22(16-18-25)27-23(21-34(31-27)24-13-10-9-11-14-24)20-26-28(35)32(2)30(37)33(3)29(26)36/h9-11,13-18,20-21H,4-8,12,19H2,1-3H3. The lowest BCUT2D eigenvalue weighted by molar-refractivity contribution is -0.134. The van der Waals surface area contributed by atoms with Crippen LogP contribution < -0.4 is 4.74 Å². The molecule has 0 spiro atoms. The molecule has 1 fully saturated rings. The Labute approximate surface area is 223 Å². The van der Waals surface area contributed by atoms with Gasteiger partial charge < -0.3 is 4.74 Å². The predicted octanol–water partition coefficient (Wildman–Crippen LogP) is 5.71. The monoisotopic (exact) mass is 514 g/mol. The zero-order chi connectivity index (χ0) is 27.1. The minimum atomic E-state index is -0.658. The van der Waals surface area contributed by atoms with Gasteiger partial charge in [-0.15, -0.1) is 0 Å². The van der Waals surface area contributed by atoms with Gasteiger partial charge in [-0.25, -0.2) is 9.48 Å². The molecule has 198 valence electrons. The fourth-order valence-electron chi connectivity index (χ4n) is 4.34. The lowest BCUT2D eigenvalue weighted by Crippen LogP contribution is -2.52. The van der Waals surface area contributed by atoms with Crippen LogP contribution in [0.25, 0.3) is 23.0 Å². The van der Waals surface area contributed by atoms with E-state index in [-0.39, 0.29) is 5.57 Å². The van der Waals surface area contributed by atoms with Gasteiger partial charge in [0.1, 0.15) is 11.3 Å². The van der Waals surface area contributed by atoms with Gasteiger partial charge in [-0.3, -0.25) is 19.4 Å². The van der Waals surface area contributed by atoms with Crippen LogP contribution in [-0.2, 0) is 9.59 Å². The van der Waals surface area contributed by atoms with E-state index in [4.69, 9.17) is 9.84 Å². The molecule has 38 heavy (non-hydrogen) atoms. The highest BCUT2D eigenvalue weighted by atomic mass is 16.5. The molecule has 0 radical (unpaired) electrons. The second-order valence-electron chi connectivity index (χ2n) is 9.42. The number of hydrogen-bond acceptors (Lipinski definition) is 5. The molecule has 2 heterocycles. The average molecular weight is 515 g/mol. The summed E-state index contributed by atoms with van der Waals surface area (Å²) < 4.78 is 7.63. The van der Waals surface area contributed by atoms with Crippen LogP contribution in [0, 0.1) is 0 Å². The summed E-state index contributed by atoms with van der Waals surface area (Å²) in [4.78, 5) is 39.7. The van der Waals surface area contributed by atoms with Gasteiger partial charge in [0.05, 0.1) is 18.0 Å². The number of ether oxygens (including phenoxy) is 1. The van der Waals surface area contributed by atoms with Crippen LogP contribution >= 0.6 is 0 Å². The van der Waals surface area contributed by atoms with Crippen LogP contribution in [0.15, 0.2) is 66.4 Å². The molecule has 8 nitrogen and oxygen atoms in total. The van der Waals surface area contributed by atoms with Crippen LogP contribution in [0.5, 0.6) is 5.75 Å². The van der Waals surface area contributed by atoms with E-state index in [0.29, 0.717) is 17.9 Å². The Morgan fingerprint density at radius 2 is 1.45 bits per heavy atom. The molecule has 0 bridgehead atoms. The number of unbranched alkanes of at least 4 members (excludes halogenated alkanes) is 5. The van der Waals surface area contributed by atoms with Gasteiger partial charge in [-0.05, 0) is 48.9 Å². The molecule has 4 rings (SSSR count). The number of rotatable bonds is 11. The number of urea groups is 1. The first-order chi connectivity index (χ1) is 18.4. The Bertz CT molecular complexity index is 1290. The lowest BCUT2D eigenvalue weighted by atomic mass is 10.0. The molecule has 1 saturated heterocycles. The SMILES string of the molecule is CCCCCCCCOc1ccc(-c2nn(-c3ccccc3)cc2C=C2C(=O)N(C)C(=O)N(C)C2=O)cc1. The fourth-order valence-corrected chi connectivity index (χ4v) is 4.34. The van der Waals surface area contributed by atoms with E-state index in [1.807, 2.05) is 54.6 Å².